The van der Waals surface area contributed by atoms with Gasteiger partial charge in [0.15, 0.2) is 5.78 Å². The fourth-order valence-electron chi connectivity index (χ4n) is 2.01. The molecule has 0 heterocycles. The van der Waals surface area contributed by atoms with Gasteiger partial charge in [-0.05, 0) is 45.6 Å². The van der Waals surface area contributed by atoms with E-state index in [1.165, 1.54) is 0 Å². The lowest BCUT2D eigenvalue weighted by molar-refractivity contribution is -0.128. The lowest BCUT2D eigenvalue weighted by Gasteiger charge is -2.34. The molecule has 3 nitrogen and oxygen atoms in total. The zero-order chi connectivity index (χ0) is 14.6. The molecule has 4 heteroatoms. The second kappa shape index (κ2) is 6.53. The standard InChI is InChI=1S/C15H22BrNO2/c1-6-15(2,17(3)4)14(18)10-11-9-12(16)7-8-13(11)19-5/h7-9H,6,10H2,1-5H3. The second-order valence-corrected chi connectivity index (χ2v) is 5.99. The first-order chi connectivity index (χ1) is 8.85. The molecule has 0 aliphatic heterocycles. The van der Waals surface area contributed by atoms with Gasteiger partial charge in [0.05, 0.1) is 12.6 Å². The number of hydrogen-bond acceptors (Lipinski definition) is 3. The highest BCUT2D eigenvalue weighted by atomic mass is 79.9. The Morgan fingerprint density at radius 1 is 1.42 bits per heavy atom. The van der Waals surface area contributed by atoms with E-state index in [0.717, 1.165) is 22.2 Å². The summed E-state index contributed by atoms with van der Waals surface area (Å²) < 4.78 is 6.28. The van der Waals surface area contributed by atoms with Gasteiger partial charge in [0.1, 0.15) is 5.75 Å². The minimum atomic E-state index is -0.437. The summed E-state index contributed by atoms with van der Waals surface area (Å²) in [6.07, 6.45) is 1.17. The Kier molecular flexibility index (Phi) is 5.56. The van der Waals surface area contributed by atoms with E-state index >= 15 is 0 Å². The predicted octanol–water partition coefficient (Wildman–Crippen LogP) is 3.30. The molecule has 0 aromatic heterocycles. The van der Waals surface area contributed by atoms with E-state index < -0.39 is 5.54 Å². The Morgan fingerprint density at radius 3 is 2.53 bits per heavy atom. The third-order valence-corrected chi connectivity index (χ3v) is 4.36. The van der Waals surface area contributed by atoms with Crippen molar-refractivity contribution in [1.29, 1.82) is 0 Å². The van der Waals surface area contributed by atoms with E-state index in [4.69, 9.17) is 4.74 Å². The largest absolute Gasteiger partial charge is 0.496 e. The van der Waals surface area contributed by atoms with Crippen molar-refractivity contribution in [3.05, 3.63) is 28.2 Å². The molecule has 0 radical (unpaired) electrons. The SMILES string of the molecule is CCC(C)(C(=O)Cc1cc(Br)ccc1OC)N(C)C. The van der Waals surface area contributed by atoms with Crippen LogP contribution in [0.5, 0.6) is 5.75 Å². The average Bonchev–Trinajstić information content (AvgIpc) is 2.37. The molecule has 0 aliphatic carbocycles. The minimum absolute atomic E-state index is 0.205. The van der Waals surface area contributed by atoms with Crippen LogP contribution in [0.4, 0.5) is 0 Å². The minimum Gasteiger partial charge on any atom is -0.496 e. The third-order valence-electron chi connectivity index (χ3n) is 3.87. The zero-order valence-electron chi connectivity index (χ0n) is 12.3. The Morgan fingerprint density at radius 2 is 2.05 bits per heavy atom. The molecule has 106 valence electrons. The van der Waals surface area contributed by atoms with E-state index in [1.54, 1.807) is 7.11 Å². The molecule has 19 heavy (non-hydrogen) atoms. The van der Waals surface area contributed by atoms with Gasteiger partial charge in [-0.2, -0.15) is 0 Å². The molecule has 0 saturated heterocycles. The number of ketones is 1. The van der Waals surface area contributed by atoms with Crippen LogP contribution in [-0.2, 0) is 11.2 Å². The van der Waals surface area contributed by atoms with Crippen LogP contribution in [0.25, 0.3) is 0 Å². The first-order valence-corrected chi connectivity index (χ1v) is 7.17. The van der Waals surface area contributed by atoms with Crippen molar-refractivity contribution in [1.82, 2.24) is 4.90 Å². The number of likely N-dealkylation sites (N-methyl/N-ethyl adjacent to an activating group) is 1. The van der Waals surface area contributed by atoms with Crippen molar-refractivity contribution >= 4 is 21.7 Å². The van der Waals surface area contributed by atoms with Crippen molar-refractivity contribution in [3.63, 3.8) is 0 Å². The smallest absolute Gasteiger partial charge is 0.157 e. The van der Waals surface area contributed by atoms with Crippen LogP contribution in [-0.4, -0.2) is 37.4 Å². The van der Waals surface area contributed by atoms with Crippen molar-refractivity contribution in [2.75, 3.05) is 21.2 Å². The number of ether oxygens (including phenoxy) is 1. The van der Waals surface area contributed by atoms with E-state index in [-0.39, 0.29) is 5.78 Å². The van der Waals surface area contributed by atoms with Crippen LogP contribution in [0.1, 0.15) is 25.8 Å². The lowest BCUT2D eigenvalue weighted by Crippen LogP contribution is -2.48. The Labute approximate surface area is 124 Å². The number of Topliss-reactive ketones (excluding diaryl/α,β-unsaturated/α-hetero) is 1. The molecule has 1 aromatic rings. The van der Waals surface area contributed by atoms with Crippen LogP contribution < -0.4 is 4.74 Å². The molecule has 0 amide bonds. The van der Waals surface area contributed by atoms with Crippen LogP contribution in [0.2, 0.25) is 0 Å². The zero-order valence-corrected chi connectivity index (χ0v) is 13.9. The van der Waals surface area contributed by atoms with Gasteiger partial charge in [0.2, 0.25) is 0 Å². The summed E-state index contributed by atoms with van der Waals surface area (Å²) in [6.45, 7) is 4.02. The lowest BCUT2D eigenvalue weighted by atomic mass is 9.88. The van der Waals surface area contributed by atoms with Gasteiger partial charge in [-0.1, -0.05) is 22.9 Å². The van der Waals surface area contributed by atoms with Crippen LogP contribution in [0.15, 0.2) is 22.7 Å². The number of benzene rings is 1. The number of carbonyl (C=O) groups excluding carboxylic acids is 1. The normalized spacial score (nSPS) is 14.3. The molecule has 0 fully saturated rings. The average molecular weight is 328 g/mol. The van der Waals surface area contributed by atoms with Crippen molar-refractivity contribution < 1.29 is 9.53 Å². The van der Waals surface area contributed by atoms with Crippen molar-refractivity contribution in [2.24, 2.45) is 0 Å². The summed E-state index contributed by atoms with van der Waals surface area (Å²) in [4.78, 5) is 14.6. The number of halogens is 1. The van der Waals surface area contributed by atoms with E-state index in [1.807, 2.05) is 51.0 Å². The molecule has 1 unspecified atom stereocenters. The van der Waals surface area contributed by atoms with Gasteiger partial charge in [0.25, 0.3) is 0 Å². The van der Waals surface area contributed by atoms with E-state index in [2.05, 4.69) is 15.9 Å². The fraction of sp³-hybridized carbons (Fsp3) is 0.533. The molecular formula is C15H22BrNO2. The van der Waals surface area contributed by atoms with Gasteiger partial charge >= 0.3 is 0 Å². The first kappa shape index (κ1) is 16.2. The second-order valence-electron chi connectivity index (χ2n) is 5.08. The highest BCUT2D eigenvalue weighted by Crippen LogP contribution is 2.27. The molecule has 1 atom stereocenters. The Balaban J connectivity index is 3.02. The molecule has 0 spiro atoms. The van der Waals surface area contributed by atoms with Gasteiger partial charge in [-0.3, -0.25) is 9.69 Å². The van der Waals surface area contributed by atoms with E-state index in [9.17, 15) is 4.79 Å². The highest BCUT2D eigenvalue weighted by Gasteiger charge is 2.33. The fourth-order valence-corrected chi connectivity index (χ4v) is 2.42. The molecular weight excluding hydrogens is 306 g/mol. The maximum Gasteiger partial charge on any atom is 0.157 e. The van der Waals surface area contributed by atoms with Crippen LogP contribution >= 0.6 is 15.9 Å². The molecule has 1 aromatic carbocycles. The predicted molar refractivity (Wildman–Crippen MR) is 81.8 cm³/mol. The number of rotatable bonds is 6. The molecule has 0 bridgehead atoms. The topological polar surface area (TPSA) is 29.5 Å². The number of carbonyl (C=O) groups is 1. The summed E-state index contributed by atoms with van der Waals surface area (Å²) in [5, 5.41) is 0. The van der Waals surface area contributed by atoms with Crippen LogP contribution in [0, 0.1) is 0 Å². The summed E-state index contributed by atoms with van der Waals surface area (Å²) in [5.74, 6) is 0.963. The monoisotopic (exact) mass is 327 g/mol. The summed E-state index contributed by atoms with van der Waals surface area (Å²) >= 11 is 3.43. The van der Waals surface area contributed by atoms with Crippen molar-refractivity contribution in [2.45, 2.75) is 32.2 Å². The quantitative estimate of drug-likeness (QED) is 0.802. The Hall–Kier alpha value is -0.870. The van der Waals surface area contributed by atoms with Crippen LogP contribution in [0.3, 0.4) is 0 Å². The maximum atomic E-state index is 12.6. The third kappa shape index (κ3) is 3.57. The number of hydrogen-bond donors (Lipinski definition) is 0. The van der Waals surface area contributed by atoms with Crippen molar-refractivity contribution in [3.8, 4) is 5.75 Å². The van der Waals surface area contributed by atoms with Gasteiger partial charge < -0.3 is 4.74 Å². The van der Waals surface area contributed by atoms with Gasteiger partial charge in [-0.15, -0.1) is 0 Å². The summed E-state index contributed by atoms with van der Waals surface area (Å²) in [7, 11) is 5.52. The summed E-state index contributed by atoms with van der Waals surface area (Å²) in [6, 6.07) is 5.74. The Bertz CT molecular complexity index is 459. The van der Waals surface area contributed by atoms with Gasteiger partial charge in [-0.25, -0.2) is 0 Å². The number of methoxy groups -OCH3 is 1. The molecule has 0 saturated carbocycles. The van der Waals surface area contributed by atoms with Gasteiger partial charge in [0, 0.05) is 16.5 Å². The maximum absolute atomic E-state index is 12.6. The number of nitrogens with zero attached hydrogens (tertiary/aromatic N) is 1. The highest BCUT2D eigenvalue weighted by molar-refractivity contribution is 9.10. The first-order valence-electron chi connectivity index (χ1n) is 6.38. The van der Waals surface area contributed by atoms with E-state index in [0.29, 0.717) is 6.42 Å². The molecule has 1 rings (SSSR count). The summed E-state index contributed by atoms with van der Waals surface area (Å²) in [5.41, 5.74) is 0.483. The molecule has 0 N–H and O–H groups in total. The molecule has 0 aliphatic rings.